The number of hydrogen-bond acceptors (Lipinski definition) is 2. The molecule has 0 spiro atoms. The number of benzene rings is 1. The van der Waals surface area contributed by atoms with Gasteiger partial charge in [0, 0.05) is 5.56 Å². The Hall–Kier alpha value is -1.38. The molecule has 2 nitrogen and oxygen atoms in total. The molecule has 3 heteroatoms. The second-order valence-corrected chi connectivity index (χ2v) is 4.40. The Morgan fingerprint density at radius 2 is 2.00 bits per heavy atom. The van der Waals surface area contributed by atoms with E-state index in [1.54, 1.807) is 6.07 Å². The van der Waals surface area contributed by atoms with Crippen molar-refractivity contribution in [2.24, 2.45) is 5.16 Å². The van der Waals surface area contributed by atoms with Gasteiger partial charge in [0.2, 0.25) is 0 Å². The van der Waals surface area contributed by atoms with Crippen molar-refractivity contribution in [3.05, 3.63) is 35.1 Å². The second-order valence-electron chi connectivity index (χ2n) is 4.40. The average molecular weight is 209 g/mol. The summed E-state index contributed by atoms with van der Waals surface area (Å²) < 4.78 is 13.6. The van der Waals surface area contributed by atoms with E-state index in [-0.39, 0.29) is 11.2 Å². The topological polar surface area (TPSA) is 21.6 Å². The van der Waals surface area contributed by atoms with E-state index in [1.807, 2.05) is 26.8 Å². The summed E-state index contributed by atoms with van der Waals surface area (Å²) in [4.78, 5) is 4.50. The lowest BCUT2D eigenvalue weighted by Crippen LogP contribution is -2.11. The molecular formula is C12H16FNO. The lowest BCUT2D eigenvalue weighted by molar-refractivity contribution is 0.215. The number of hydrogen-bond donors (Lipinski definition) is 0. The summed E-state index contributed by atoms with van der Waals surface area (Å²) in [5, 5.41) is 3.53. The summed E-state index contributed by atoms with van der Waals surface area (Å²) in [5.41, 5.74) is 1.36. The molecule has 0 aliphatic heterocycles. The molecule has 0 radical (unpaired) electrons. The van der Waals surface area contributed by atoms with Crippen LogP contribution in [0.5, 0.6) is 0 Å². The third-order valence-corrected chi connectivity index (χ3v) is 2.16. The van der Waals surface area contributed by atoms with Crippen LogP contribution in [0.3, 0.4) is 0 Å². The molecule has 0 aliphatic carbocycles. The summed E-state index contributed by atoms with van der Waals surface area (Å²) in [7, 11) is 1.43. The van der Waals surface area contributed by atoms with Crippen LogP contribution in [-0.4, -0.2) is 13.3 Å². The van der Waals surface area contributed by atoms with Gasteiger partial charge in [-0.3, -0.25) is 0 Å². The lowest BCUT2D eigenvalue weighted by Gasteiger charge is -2.19. The van der Waals surface area contributed by atoms with Gasteiger partial charge >= 0.3 is 0 Å². The molecule has 1 rings (SSSR count). The number of nitrogens with zero attached hydrogens (tertiary/aromatic N) is 1. The van der Waals surface area contributed by atoms with Gasteiger partial charge in [0.05, 0.1) is 6.21 Å². The zero-order chi connectivity index (χ0) is 11.5. The first-order chi connectivity index (χ1) is 6.95. The first-order valence-electron chi connectivity index (χ1n) is 4.81. The number of oxime groups is 1. The molecular weight excluding hydrogens is 193 g/mol. The second kappa shape index (κ2) is 4.43. The molecule has 1 aromatic rings. The lowest BCUT2D eigenvalue weighted by atomic mass is 9.86. The van der Waals surface area contributed by atoms with E-state index in [0.717, 1.165) is 5.56 Å². The molecule has 15 heavy (non-hydrogen) atoms. The molecule has 0 N–H and O–H groups in total. The Kier molecular flexibility index (Phi) is 3.45. The Morgan fingerprint density at radius 3 is 2.47 bits per heavy atom. The molecule has 0 aromatic heterocycles. The molecule has 0 bridgehead atoms. The summed E-state index contributed by atoms with van der Waals surface area (Å²) in [6.45, 7) is 6.14. The van der Waals surface area contributed by atoms with Gasteiger partial charge in [-0.1, -0.05) is 38.1 Å². The van der Waals surface area contributed by atoms with Crippen LogP contribution < -0.4 is 0 Å². The summed E-state index contributed by atoms with van der Waals surface area (Å²) in [5.74, 6) is -0.275. The summed E-state index contributed by atoms with van der Waals surface area (Å²) in [6, 6.07) is 5.15. The van der Waals surface area contributed by atoms with E-state index in [1.165, 1.54) is 19.4 Å². The Morgan fingerprint density at radius 1 is 1.33 bits per heavy atom. The van der Waals surface area contributed by atoms with Crippen molar-refractivity contribution in [2.75, 3.05) is 7.11 Å². The maximum absolute atomic E-state index is 13.6. The van der Waals surface area contributed by atoms with E-state index >= 15 is 0 Å². The molecule has 0 fully saturated rings. The minimum atomic E-state index is -0.275. The van der Waals surface area contributed by atoms with Crippen LogP contribution in [0, 0.1) is 5.82 Å². The van der Waals surface area contributed by atoms with Gasteiger partial charge in [-0.25, -0.2) is 4.39 Å². The fourth-order valence-corrected chi connectivity index (χ4v) is 1.21. The molecule has 0 saturated heterocycles. The van der Waals surface area contributed by atoms with E-state index in [0.29, 0.717) is 5.56 Å². The highest BCUT2D eigenvalue weighted by Gasteiger charge is 2.14. The fourth-order valence-electron chi connectivity index (χ4n) is 1.21. The summed E-state index contributed by atoms with van der Waals surface area (Å²) >= 11 is 0. The van der Waals surface area contributed by atoms with Crippen LogP contribution in [0.1, 0.15) is 31.9 Å². The molecule has 0 amide bonds. The van der Waals surface area contributed by atoms with Crippen molar-refractivity contribution in [3.63, 3.8) is 0 Å². The maximum atomic E-state index is 13.6. The van der Waals surface area contributed by atoms with E-state index in [9.17, 15) is 4.39 Å². The van der Waals surface area contributed by atoms with E-state index in [4.69, 9.17) is 0 Å². The van der Waals surface area contributed by atoms with Gasteiger partial charge in [-0.15, -0.1) is 0 Å². The van der Waals surface area contributed by atoms with Crippen molar-refractivity contribution < 1.29 is 9.23 Å². The first kappa shape index (κ1) is 11.7. The maximum Gasteiger partial charge on any atom is 0.132 e. The molecule has 0 saturated carbocycles. The molecule has 0 aliphatic rings. The van der Waals surface area contributed by atoms with Gasteiger partial charge < -0.3 is 4.84 Å². The molecule has 0 unspecified atom stereocenters. The highest BCUT2D eigenvalue weighted by molar-refractivity contribution is 5.79. The molecule has 1 aromatic carbocycles. The standard InChI is InChI=1S/C12H16FNO/c1-12(2,3)10-6-5-9(8-14-15-4)11(13)7-10/h5-8H,1-4H3. The number of halogens is 1. The smallest absolute Gasteiger partial charge is 0.132 e. The van der Waals surface area contributed by atoms with Gasteiger partial charge in [0.1, 0.15) is 12.9 Å². The van der Waals surface area contributed by atoms with Crippen molar-refractivity contribution in [3.8, 4) is 0 Å². The largest absolute Gasteiger partial charge is 0.399 e. The van der Waals surface area contributed by atoms with Crippen LogP contribution in [0.2, 0.25) is 0 Å². The van der Waals surface area contributed by atoms with Crippen LogP contribution in [-0.2, 0) is 10.3 Å². The third kappa shape index (κ3) is 3.05. The molecule has 0 heterocycles. The normalized spacial score (nSPS) is 12.1. The van der Waals surface area contributed by atoms with Crippen molar-refractivity contribution in [1.82, 2.24) is 0 Å². The predicted molar refractivity (Wildman–Crippen MR) is 59.7 cm³/mol. The minimum absolute atomic E-state index is 0.0439. The van der Waals surface area contributed by atoms with Gasteiger partial charge in [0.25, 0.3) is 0 Å². The first-order valence-corrected chi connectivity index (χ1v) is 4.81. The van der Waals surface area contributed by atoms with Gasteiger partial charge in [-0.05, 0) is 17.0 Å². The number of rotatable bonds is 2. The van der Waals surface area contributed by atoms with Crippen molar-refractivity contribution in [2.45, 2.75) is 26.2 Å². The fraction of sp³-hybridized carbons (Fsp3) is 0.417. The Bertz CT molecular complexity index is 366. The SMILES string of the molecule is CON=Cc1ccc(C(C)(C)C)cc1F. The zero-order valence-electron chi connectivity index (χ0n) is 9.54. The van der Waals surface area contributed by atoms with E-state index < -0.39 is 0 Å². The molecule has 82 valence electrons. The Labute approximate surface area is 89.7 Å². The van der Waals surface area contributed by atoms with Crippen LogP contribution >= 0.6 is 0 Å². The third-order valence-electron chi connectivity index (χ3n) is 2.16. The van der Waals surface area contributed by atoms with Crippen LogP contribution in [0.15, 0.2) is 23.4 Å². The minimum Gasteiger partial charge on any atom is -0.399 e. The zero-order valence-corrected chi connectivity index (χ0v) is 9.54. The average Bonchev–Trinajstić information content (AvgIpc) is 2.14. The highest BCUT2D eigenvalue weighted by atomic mass is 19.1. The molecule has 0 atom stereocenters. The van der Waals surface area contributed by atoms with Gasteiger partial charge in [0.15, 0.2) is 0 Å². The van der Waals surface area contributed by atoms with Gasteiger partial charge in [-0.2, -0.15) is 0 Å². The highest BCUT2D eigenvalue weighted by Crippen LogP contribution is 2.23. The van der Waals surface area contributed by atoms with Crippen molar-refractivity contribution in [1.29, 1.82) is 0 Å². The summed E-state index contributed by atoms with van der Waals surface area (Å²) in [6.07, 6.45) is 1.36. The van der Waals surface area contributed by atoms with Crippen LogP contribution in [0.4, 0.5) is 4.39 Å². The predicted octanol–water partition coefficient (Wildman–Crippen LogP) is 3.10. The monoisotopic (exact) mass is 209 g/mol. The quantitative estimate of drug-likeness (QED) is 0.541. The van der Waals surface area contributed by atoms with Crippen LogP contribution in [0.25, 0.3) is 0 Å². The Balaban J connectivity index is 3.04. The van der Waals surface area contributed by atoms with Crippen molar-refractivity contribution >= 4 is 6.21 Å². The van der Waals surface area contributed by atoms with E-state index in [2.05, 4.69) is 9.99 Å².